The highest BCUT2D eigenvalue weighted by atomic mass is 16.1. The zero-order chi connectivity index (χ0) is 13.7. The summed E-state index contributed by atoms with van der Waals surface area (Å²) in [5, 5.41) is 7.19. The van der Waals surface area contributed by atoms with E-state index in [2.05, 4.69) is 15.6 Å². The first-order chi connectivity index (χ1) is 9.20. The molecule has 0 radical (unpaired) electrons. The van der Waals surface area contributed by atoms with Crippen molar-refractivity contribution in [1.29, 1.82) is 0 Å². The molecular formula is C15H19N3O. The van der Waals surface area contributed by atoms with Gasteiger partial charge in [-0.1, -0.05) is 18.2 Å². The van der Waals surface area contributed by atoms with Crippen molar-refractivity contribution in [2.45, 2.75) is 20.3 Å². The minimum atomic E-state index is 0.0742. The van der Waals surface area contributed by atoms with E-state index in [0.717, 1.165) is 22.3 Å². The van der Waals surface area contributed by atoms with Crippen LogP contribution in [0.2, 0.25) is 0 Å². The summed E-state index contributed by atoms with van der Waals surface area (Å²) < 4.78 is 0. The number of carbonyl (C=O) groups is 1. The van der Waals surface area contributed by atoms with E-state index in [9.17, 15) is 4.79 Å². The third-order valence-electron chi connectivity index (χ3n) is 2.89. The van der Waals surface area contributed by atoms with Crippen molar-refractivity contribution in [3.05, 3.63) is 36.0 Å². The molecule has 0 unspecified atom stereocenters. The van der Waals surface area contributed by atoms with Crippen LogP contribution in [0.1, 0.15) is 19.0 Å². The van der Waals surface area contributed by atoms with E-state index in [0.29, 0.717) is 19.5 Å². The van der Waals surface area contributed by atoms with Crippen LogP contribution in [0.3, 0.4) is 0 Å². The molecule has 0 atom stereocenters. The molecule has 0 saturated heterocycles. The lowest BCUT2D eigenvalue weighted by Crippen LogP contribution is -2.24. The van der Waals surface area contributed by atoms with Gasteiger partial charge in [-0.3, -0.25) is 9.78 Å². The first kappa shape index (κ1) is 13.3. The van der Waals surface area contributed by atoms with Crippen LogP contribution < -0.4 is 10.6 Å². The number of rotatable bonds is 5. The van der Waals surface area contributed by atoms with E-state index < -0.39 is 0 Å². The number of hydrogen-bond donors (Lipinski definition) is 2. The number of carbonyl (C=O) groups excluding carboxylic acids is 1. The topological polar surface area (TPSA) is 54.0 Å². The van der Waals surface area contributed by atoms with Crippen molar-refractivity contribution in [3.8, 4) is 0 Å². The third kappa shape index (κ3) is 3.44. The van der Waals surface area contributed by atoms with Crippen molar-refractivity contribution < 1.29 is 4.79 Å². The van der Waals surface area contributed by atoms with Crippen molar-refractivity contribution in [3.63, 3.8) is 0 Å². The lowest BCUT2D eigenvalue weighted by Gasteiger charge is -2.10. The van der Waals surface area contributed by atoms with Crippen LogP contribution in [0.4, 0.5) is 5.69 Å². The summed E-state index contributed by atoms with van der Waals surface area (Å²) >= 11 is 0. The van der Waals surface area contributed by atoms with E-state index in [-0.39, 0.29) is 5.91 Å². The number of benzene rings is 1. The second-order valence-corrected chi connectivity index (χ2v) is 4.46. The number of aromatic nitrogens is 1. The van der Waals surface area contributed by atoms with Crippen LogP contribution >= 0.6 is 0 Å². The van der Waals surface area contributed by atoms with E-state index in [1.54, 1.807) is 0 Å². The van der Waals surface area contributed by atoms with Gasteiger partial charge in [-0.25, -0.2) is 0 Å². The predicted molar refractivity (Wildman–Crippen MR) is 78.3 cm³/mol. The number of nitrogens with one attached hydrogen (secondary N) is 2. The molecular weight excluding hydrogens is 238 g/mol. The van der Waals surface area contributed by atoms with Gasteiger partial charge < -0.3 is 10.6 Å². The molecule has 2 aromatic rings. The molecule has 0 bridgehead atoms. The Labute approximate surface area is 113 Å². The van der Waals surface area contributed by atoms with Crippen molar-refractivity contribution in [2.75, 3.05) is 18.4 Å². The largest absolute Gasteiger partial charge is 0.384 e. The van der Waals surface area contributed by atoms with Gasteiger partial charge in [0.2, 0.25) is 5.91 Å². The zero-order valence-electron chi connectivity index (χ0n) is 11.4. The molecule has 1 aromatic carbocycles. The van der Waals surface area contributed by atoms with Crippen LogP contribution in [0.15, 0.2) is 30.3 Å². The normalized spacial score (nSPS) is 10.4. The average Bonchev–Trinajstić information content (AvgIpc) is 2.38. The second-order valence-electron chi connectivity index (χ2n) is 4.46. The average molecular weight is 257 g/mol. The van der Waals surface area contributed by atoms with Crippen molar-refractivity contribution >= 4 is 22.5 Å². The Bertz CT molecular complexity index is 581. The molecule has 1 aromatic heterocycles. The van der Waals surface area contributed by atoms with E-state index in [4.69, 9.17) is 0 Å². The highest BCUT2D eigenvalue weighted by Gasteiger charge is 2.04. The Morgan fingerprint density at radius 1 is 1.32 bits per heavy atom. The smallest absolute Gasteiger partial charge is 0.221 e. The number of nitrogens with zero attached hydrogens (tertiary/aromatic N) is 1. The second kappa shape index (κ2) is 6.18. The van der Waals surface area contributed by atoms with Crippen LogP contribution in [0.5, 0.6) is 0 Å². The molecule has 100 valence electrons. The fraction of sp³-hybridized carbons (Fsp3) is 0.333. The Hall–Kier alpha value is -2.10. The minimum absolute atomic E-state index is 0.0742. The molecule has 19 heavy (non-hydrogen) atoms. The highest BCUT2D eigenvalue weighted by molar-refractivity contribution is 5.91. The van der Waals surface area contributed by atoms with E-state index in [1.807, 2.05) is 44.2 Å². The standard InChI is InChI=1S/C15H19N3O/c1-3-16-15(19)8-9-17-14-10-11(2)18-13-7-5-4-6-12(13)14/h4-7,10H,3,8-9H2,1-2H3,(H,16,19)(H,17,18). The maximum atomic E-state index is 11.4. The number of anilines is 1. The molecule has 2 rings (SSSR count). The van der Waals surface area contributed by atoms with Crippen LogP contribution in [0, 0.1) is 6.92 Å². The van der Waals surface area contributed by atoms with Gasteiger partial charge in [-0.15, -0.1) is 0 Å². The summed E-state index contributed by atoms with van der Waals surface area (Å²) in [5.74, 6) is 0.0742. The van der Waals surface area contributed by atoms with Gasteiger partial charge in [0.05, 0.1) is 5.52 Å². The molecule has 4 nitrogen and oxygen atoms in total. The Morgan fingerprint density at radius 2 is 2.11 bits per heavy atom. The van der Waals surface area contributed by atoms with Gasteiger partial charge in [0.1, 0.15) is 0 Å². The summed E-state index contributed by atoms with van der Waals surface area (Å²) in [6, 6.07) is 10.0. The highest BCUT2D eigenvalue weighted by Crippen LogP contribution is 2.22. The fourth-order valence-electron chi connectivity index (χ4n) is 2.05. The molecule has 0 saturated carbocycles. The molecule has 0 spiro atoms. The zero-order valence-corrected chi connectivity index (χ0v) is 11.4. The fourth-order valence-corrected chi connectivity index (χ4v) is 2.05. The number of hydrogen-bond acceptors (Lipinski definition) is 3. The Balaban J connectivity index is 2.10. The van der Waals surface area contributed by atoms with E-state index >= 15 is 0 Å². The summed E-state index contributed by atoms with van der Waals surface area (Å²) in [6.07, 6.45) is 0.476. The summed E-state index contributed by atoms with van der Waals surface area (Å²) in [5.41, 5.74) is 2.98. The lowest BCUT2D eigenvalue weighted by atomic mass is 10.1. The molecule has 4 heteroatoms. The number of amides is 1. The third-order valence-corrected chi connectivity index (χ3v) is 2.89. The molecule has 0 aliphatic rings. The number of para-hydroxylation sites is 1. The molecule has 1 heterocycles. The Kier molecular flexibility index (Phi) is 4.34. The van der Waals surface area contributed by atoms with Gasteiger partial charge >= 0.3 is 0 Å². The number of fused-ring (bicyclic) bond motifs is 1. The van der Waals surface area contributed by atoms with Gasteiger partial charge in [0.15, 0.2) is 0 Å². The molecule has 0 fully saturated rings. The first-order valence-electron chi connectivity index (χ1n) is 6.57. The van der Waals surface area contributed by atoms with Crippen molar-refractivity contribution in [1.82, 2.24) is 10.3 Å². The van der Waals surface area contributed by atoms with E-state index in [1.165, 1.54) is 0 Å². The molecule has 1 amide bonds. The molecule has 2 N–H and O–H groups in total. The van der Waals surface area contributed by atoms with Crippen molar-refractivity contribution in [2.24, 2.45) is 0 Å². The molecule has 0 aliphatic carbocycles. The van der Waals surface area contributed by atoms with Gasteiger partial charge in [-0.2, -0.15) is 0 Å². The number of aryl methyl sites for hydroxylation is 1. The number of pyridine rings is 1. The van der Waals surface area contributed by atoms with Gasteiger partial charge in [0.25, 0.3) is 0 Å². The minimum Gasteiger partial charge on any atom is -0.384 e. The maximum absolute atomic E-state index is 11.4. The van der Waals surface area contributed by atoms with Gasteiger partial charge in [-0.05, 0) is 26.0 Å². The van der Waals surface area contributed by atoms with Gasteiger partial charge in [0, 0.05) is 36.3 Å². The maximum Gasteiger partial charge on any atom is 0.221 e. The summed E-state index contributed by atoms with van der Waals surface area (Å²) in [4.78, 5) is 15.9. The predicted octanol–water partition coefficient (Wildman–Crippen LogP) is 2.48. The molecule has 0 aliphatic heterocycles. The van der Waals surface area contributed by atoms with Crippen LogP contribution in [-0.4, -0.2) is 24.0 Å². The SMILES string of the molecule is CCNC(=O)CCNc1cc(C)nc2ccccc12. The van der Waals surface area contributed by atoms with Crippen LogP contribution in [-0.2, 0) is 4.79 Å². The Morgan fingerprint density at radius 3 is 2.89 bits per heavy atom. The van der Waals surface area contributed by atoms with Crippen LogP contribution in [0.25, 0.3) is 10.9 Å². The summed E-state index contributed by atoms with van der Waals surface area (Å²) in [7, 11) is 0. The lowest BCUT2D eigenvalue weighted by molar-refractivity contribution is -0.120. The first-order valence-corrected chi connectivity index (χ1v) is 6.57. The quantitative estimate of drug-likeness (QED) is 0.865. The summed E-state index contributed by atoms with van der Waals surface area (Å²) in [6.45, 7) is 5.20. The monoisotopic (exact) mass is 257 g/mol.